The summed E-state index contributed by atoms with van der Waals surface area (Å²) < 4.78 is 5.20. The van der Waals surface area contributed by atoms with E-state index < -0.39 is 0 Å². The largest absolute Gasteiger partial charge is 0.479 e. The highest BCUT2D eigenvalue weighted by Gasteiger charge is 2.13. The Kier molecular flexibility index (Phi) is 7.27. The van der Waals surface area contributed by atoms with Gasteiger partial charge in [-0.15, -0.1) is 0 Å². The molecule has 21 heavy (non-hydrogen) atoms. The third-order valence-electron chi connectivity index (χ3n) is 2.91. The van der Waals surface area contributed by atoms with Gasteiger partial charge >= 0.3 is 0 Å². The van der Waals surface area contributed by atoms with Gasteiger partial charge in [0, 0.05) is 0 Å². The first-order valence-corrected chi connectivity index (χ1v) is 7.04. The van der Waals surface area contributed by atoms with E-state index in [0.29, 0.717) is 11.7 Å². The second kappa shape index (κ2) is 8.98. The first-order valence-electron chi connectivity index (χ1n) is 7.04. The molecular formula is C16H22N2O3. The van der Waals surface area contributed by atoms with Crippen LogP contribution in [0.15, 0.2) is 24.3 Å². The van der Waals surface area contributed by atoms with Crippen molar-refractivity contribution in [3.05, 3.63) is 29.8 Å². The molecule has 2 N–H and O–H groups in total. The van der Waals surface area contributed by atoms with E-state index in [0.717, 1.165) is 12.0 Å². The summed E-state index contributed by atoms with van der Waals surface area (Å²) >= 11 is 0. The summed E-state index contributed by atoms with van der Waals surface area (Å²) in [5.41, 5.74) is 0.809. The van der Waals surface area contributed by atoms with E-state index in [1.54, 1.807) is 18.2 Å². The Morgan fingerprint density at radius 2 is 2.24 bits per heavy atom. The van der Waals surface area contributed by atoms with E-state index in [9.17, 15) is 9.90 Å². The van der Waals surface area contributed by atoms with Gasteiger partial charge in [0.15, 0.2) is 6.61 Å². The Hall–Kier alpha value is -2.06. The molecule has 0 aliphatic carbocycles. The molecule has 5 heteroatoms. The van der Waals surface area contributed by atoms with Crippen LogP contribution >= 0.6 is 0 Å². The van der Waals surface area contributed by atoms with Crippen molar-refractivity contribution >= 4 is 5.91 Å². The molecule has 1 aromatic carbocycles. The standard InChI is InChI=1S/C16H22N2O3/c1-12(2)8-14(11-19)18-16(20)10-13-4-3-5-15(9-13)21-7-6-17/h3-5,9,12,14,19H,7-8,10-11H2,1-2H3,(H,18,20). The summed E-state index contributed by atoms with van der Waals surface area (Å²) in [6.07, 6.45) is 0.964. The molecule has 1 aromatic rings. The predicted molar refractivity (Wildman–Crippen MR) is 79.7 cm³/mol. The van der Waals surface area contributed by atoms with Crippen LogP contribution in [-0.4, -0.2) is 30.3 Å². The molecule has 1 rings (SSSR count). The van der Waals surface area contributed by atoms with Gasteiger partial charge in [-0.3, -0.25) is 4.79 Å². The molecule has 0 radical (unpaired) electrons. The van der Waals surface area contributed by atoms with Crippen molar-refractivity contribution in [1.29, 1.82) is 5.26 Å². The van der Waals surface area contributed by atoms with Gasteiger partial charge in [-0.2, -0.15) is 5.26 Å². The van der Waals surface area contributed by atoms with Crippen molar-refractivity contribution in [1.82, 2.24) is 5.32 Å². The van der Waals surface area contributed by atoms with Gasteiger partial charge in [0.1, 0.15) is 11.8 Å². The number of carbonyl (C=O) groups excluding carboxylic acids is 1. The molecule has 0 saturated carbocycles. The number of rotatable bonds is 8. The van der Waals surface area contributed by atoms with Crippen molar-refractivity contribution in [2.45, 2.75) is 32.7 Å². The number of ether oxygens (including phenoxy) is 1. The van der Waals surface area contributed by atoms with Gasteiger partial charge in [-0.25, -0.2) is 0 Å². The van der Waals surface area contributed by atoms with Gasteiger partial charge in [0.05, 0.1) is 19.1 Å². The zero-order valence-corrected chi connectivity index (χ0v) is 12.5. The first-order chi connectivity index (χ1) is 10.0. The average molecular weight is 290 g/mol. The maximum absolute atomic E-state index is 12.0. The van der Waals surface area contributed by atoms with Gasteiger partial charge in [-0.05, 0) is 30.0 Å². The van der Waals surface area contributed by atoms with Crippen LogP contribution in [0.2, 0.25) is 0 Å². The van der Waals surface area contributed by atoms with E-state index >= 15 is 0 Å². The summed E-state index contributed by atoms with van der Waals surface area (Å²) in [6.45, 7) is 4.02. The number of hydrogen-bond donors (Lipinski definition) is 2. The number of amides is 1. The van der Waals surface area contributed by atoms with Crippen molar-refractivity contribution < 1.29 is 14.6 Å². The van der Waals surface area contributed by atoms with E-state index in [2.05, 4.69) is 5.32 Å². The summed E-state index contributed by atoms with van der Waals surface area (Å²) in [5.74, 6) is 0.847. The third-order valence-corrected chi connectivity index (χ3v) is 2.91. The lowest BCUT2D eigenvalue weighted by Crippen LogP contribution is -2.39. The number of nitriles is 1. The van der Waals surface area contributed by atoms with Crippen molar-refractivity contribution in [3.8, 4) is 11.8 Å². The highest BCUT2D eigenvalue weighted by molar-refractivity contribution is 5.79. The predicted octanol–water partition coefficient (Wildman–Crippen LogP) is 1.65. The molecule has 1 amide bonds. The van der Waals surface area contributed by atoms with E-state index in [-0.39, 0.29) is 31.6 Å². The van der Waals surface area contributed by atoms with Crippen LogP contribution in [0.1, 0.15) is 25.8 Å². The van der Waals surface area contributed by atoms with E-state index in [1.165, 1.54) is 0 Å². The molecule has 1 atom stereocenters. The molecular weight excluding hydrogens is 268 g/mol. The average Bonchev–Trinajstić information content (AvgIpc) is 2.44. The fourth-order valence-corrected chi connectivity index (χ4v) is 2.07. The number of benzene rings is 1. The van der Waals surface area contributed by atoms with Crippen LogP contribution in [0.3, 0.4) is 0 Å². The van der Waals surface area contributed by atoms with Crippen LogP contribution < -0.4 is 10.1 Å². The van der Waals surface area contributed by atoms with E-state index in [4.69, 9.17) is 10.00 Å². The lowest BCUT2D eigenvalue weighted by atomic mass is 10.0. The number of nitrogens with one attached hydrogen (secondary N) is 1. The van der Waals surface area contributed by atoms with Crippen molar-refractivity contribution in [3.63, 3.8) is 0 Å². The lowest BCUT2D eigenvalue weighted by molar-refractivity contribution is -0.121. The van der Waals surface area contributed by atoms with Crippen LogP contribution in [-0.2, 0) is 11.2 Å². The topological polar surface area (TPSA) is 82.3 Å². The quantitative estimate of drug-likeness (QED) is 0.762. The SMILES string of the molecule is CC(C)CC(CO)NC(=O)Cc1cccc(OCC#N)c1. The molecule has 5 nitrogen and oxygen atoms in total. The molecule has 0 heterocycles. The summed E-state index contributed by atoms with van der Waals surface area (Å²) in [5, 5.41) is 20.6. The summed E-state index contributed by atoms with van der Waals surface area (Å²) in [7, 11) is 0. The van der Waals surface area contributed by atoms with Gasteiger partial charge in [-0.1, -0.05) is 26.0 Å². The van der Waals surface area contributed by atoms with Crippen molar-refractivity contribution in [2.24, 2.45) is 5.92 Å². The molecule has 1 unspecified atom stereocenters. The number of carbonyl (C=O) groups is 1. The summed E-state index contributed by atoms with van der Waals surface area (Å²) in [6, 6.07) is 8.79. The number of aliphatic hydroxyl groups excluding tert-OH is 1. The van der Waals surface area contributed by atoms with Crippen LogP contribution in [0, 0.1) is 17.2 Å². The Bertz CT molecular complexity index is 495. The first kappa shape index (κ1) is 17.0. The number of aliphatic hydroxyl groups is 1. The van der Waals surface area contributed by atoms with Crippen LogP contribution in [0.5, 0.6) is 5.75 Å². The third kappa shape index (κ3) is 6.77. The minimum Gasteiger partial charge on any atom is -0.479 e. The van der Waals surface area contributed by atoms with E-state index in [1.807, 2.05) is 26.0 Å². The molecule has 0 aromatic heterocycles. The normalized spacial score (nSPS) is 11.8. The summed E-state index contributed by atoms with van der Waals surface area (Å²) in [4.78, 5) is 12.0. The van der Waals surface area contributed by atoms with Gasteiger partial charge in [0.2, 0.25) is 5.91 Å². The Labute approximate surface area is 125 Å². The Balaban J connectivity index is 2.56. The fraction of sp³-hybridized carbons (Fsp3) is 0.500. The molecule has 0 saturated heterocycles. The van der Waals surface area contributed by atoms with Gasteiger partial charge < -0.3 is 15.2 Å². The van der Waals surface area contributed by atoms with Crippen LogP contribution in [0.4, 0.5) is 0 Å². The maximum Gasteiger partial charge on any atom is 0.224 e. The molecule has 114 valence electrons. The van der Waals surface area contributed by atoms with Gasteiger partial charge in [0.25, 0.3) is 0 Å². The molecule has 0 aliphatic rings. The zero-order valence-electron chi connectivity index (χ0n) is 12.5. The Morgan fingerprint density at radius 3 is 2.86 bits per heavy atom. The second-order valence-electron chi connectivity index (χ2n) is 5.35. The smallest absolute Gasteiger partial charge is 0.224 e. The monoisotopic (exact) mass is 290 g/mol. The minimum atomic E-state index is -0.212. The minimum absolute atomic E-state index is 0.0172. The molecule has 0 aliphatic heterocycles. The highest BCUT2D eigenvalue weighted by atomic mass is 16.5. The molecule has 0 bridgehead atoms. The number of hydrogen-bond acceptors (Lipinski definition) is 4. The lowest BCUT2D eigenvalue weighted by Gasteiger charge is -2.18. The number of nitrogens with zero attached hydrogens (tertiary/aromatic N) is 1. The Morgan fingerprint density at radius 1 is 1.48 bits per heavy atom. The van der Waals surface area contributed by atoms with Crippen molar-refractivity contribution in [2.75, 3.05) is 13.2 Å². The van der Waals surface area contributed by atoms with Crippen LogP contribution in [0.25, 0.3) is 0 Å². The highest BCUT2D eigenvalue weighted by Crippen LogP contribution is 2.14. The fourth-order valence-electron chi connectivity index (χ4n) is 2.07. The second-order valence-corrected chi connectivity index (χ2v) is 5.35. The zero-order chi connectivity index (χ0) is 15.7. The maximum atomic E-state index is 12.0. The molecule has 0 spiro atoms. The molecule has 0 fully saturated rings.